The Morgan fingerprint density at radius 2 is 1.70 bits per heavy atom. The topological polar surface area (TPSA) is 110 Å². The molecule has 0 aromatic carbocycles. The lowest BCUT2D eigenvalue weighted by molar-refractivity contribution is -0.304. The molecule has 1 amide bonds. The molecule has 3 aliphatic heterocycles. The zero-order chi connectivity index (χ0) is 33.2. The van der Waals surface area contributed by atoms with Crippen LogP contribution in [0.15, 0.2) is 0 Å². The third-order valence-corrected chi connectivity index (χ3v) is 7.57. The lowest BCUT2D eigenvalue weighted by Crippen LogP contribution is -2.70. The van der Waals surface area contributed by atoms with Crippen molar-refractivity contribution in [3.05, 3.63) is 0 Å². The van der Waals surface area contributed by atoms with E-state index < -0.39 is 23.8 Å². The summed E-state index contributed by atoms with van der Waals surface area (Å²) in [5, 5.41) is 3.34. The summed E-state index contributed by atoms with van der Waals surface area (Å²) >= 11 is 0. The van der Waals surface area contributed by atoms with Crippen LogP contribution in [0.25, 0.3) is 0 Å². The number of carbonyl (C=O) groups excluding carboxylic acids is 3. The molecule has 0 bridgehead atoms. The number of ketones is 1. The van der Waals surface area contributed by atoms with E-state index in [1.807, 2.05) is 67.7 Å². The number of likely N-dealkylation sites (N-methyl/N-ethyl adjacent to an activating group) is 1. The number of hydrogen-bond donors (Lipinski definition) is 1. The number of nitrogens with one attached hydrogen (secondary N) is 1. The highest BCUT2D eigenvalue weighted by Gasteiger charge is 2.49. The molecule has 0 saturated carbocycles. The molecular weight excluding hydrogens is 559 g/mol. The van der Waals surface area contributed by atoms with Crippen LogP contribution in [0.1, 0.15) is 80.1 Å². The van der Waals surface area contributed by atoms with Crippen LogP contribution in [0.4, 0.5) is 4.53 Å². The summed E-state index contributed by atoms with van der Waals surface area (Å²) in [5.74, 6) is -1.41. The zero-order valence-corrected chi connectivity index (χ0v) is 28.7. The number of amides is 1. The van der Waals surface area contributed by atoms with E-state index in [4.69, 9.17) is 14.2 Å². The quantitative estimate of drug-likeness (QED) is 0.363. The Morgan fingerprint density at radius 3 is 2.23 bits per heavy atom. The molecule has 0 aliphatic carbocycles. The van der Waals surface area contributed by atoms with Crippen LogP contribution in [-0.2, 0) is 33.5 Å². The molecule has 3 fully saturated rings. The van der Waals surface area contributed by atoms with Crippen molar-refractivity contribution in [1.82, 2.24) is 20.0 Å². The van der Waals surface area contributed by atoms with Crippen molar-refractivity contribution < 1.29 is 38.1 Å². The van der Waals surface area contributed by atoms with Crippen molar-refractivity contribution in [2.24, 2.45) is 5.92 Å². The molecule has 3 rings (SSSR count). The summed E-state index contributed by atoms with van der Waals surface area (Å²) in [4.78, 5) is 46.4. The van der Waals surface area contributed by atoms with Gasteiger partial charge in [-0.2, -0.15) is 4.94 Å². The molecule has 11 nitrogen and oxygen atoms in total. The minimum atomic E-state index is -0.799. The molecule has 3 aliphatic rings. The van der Waals surface area contributed by atoms with Crippen molar-refractivity contribution in [1.29, 1.82) is 0 Å². The van der Waals surface area contributed by atoms with Gasteiger partial charge in [-0.05, 0) is 78.8 Å². The van der Waals surface area contributed by atoms with Crippen molar-refractivity contribution in [3.8, 4) is 0 Å². The van der Waals surface area contributed by atoms with Crippen LogP contribution in [0.2, 0.25) is 0 Å². The number of methoxy groups -OCH3 is 1. The molecule has 0 aromatic heterocycles. The maximum Gasteiger partial charge on any atom is 0.316 e. The lowest BCUT2D eigenvalue weighted by Gasteiger charge is -2.49. The Labute approximate surface area is 260 Å². The van der Waals surface area contributed by atoms with Crippen LogP contribution >= 0.6 is 0 Å². The summed E-state index contributed by atoms with van der Waals surface area (Å²) in [6.07, 6.45) is 3.66. The highest BCUT2D eigenvalue weighted by molar-refractivity contribution is 5.98. The van der Waals surface area contributed by atoms with Gasteiger partial charge in [0.25, 0.3) is 0 Å². The SMILES string of the molecule is CC.CC.CC1CC(N(C)C)CC(OF)O1.COC1CCCNCC2(CN(C(=O)CN(C)C)C2)OC(=O)C(C)C(=O)CC1. The highest BCUT2D eigenvalue weighted by Crippen LogP contribution is 2.27. The molecule has 0 aromatic rings. The highest BCUT2D eigenvalue weighted by atomic mass is 19.3. The Hall–Kier alpha value is -1.70. The van der Waals surface area contributed by atoms with E-state index in [-0.39, 0.29) is 23.9 Å². The number of nitrogens with zero attached hydrogens (tertiary/aromatic N) is 3. The van der Waals surface area contributed by atoms with E-state index in [0.717, 1.165) is 25.8 Å². The van der Waals surface area contributed by atoms with Gasteiger partial charge in [0.1, 0.15) is 11.7 Å². The number of carbonyl (C=O) groups is 3. The fourth-order valence-electron chi connectivity index (χ4n) is 5.06. The maximum absolute atomic E-state index is 12.5. The number of likely N-dealkylation sites (tertiary alicyclic amines) is 1. The molecule has 254 valence electrons. The Balaban J connectivity index is 0.000000918. The third-order valence-electron chi connectivity index (χ3n) is 7.57. The summed E-state index contributed by atoms with van der Waals surface area (Å²) in [5.41, 5.74) is -0.748. The molecule has 5 atom stereocenters. The first-order chi connectivity index (χ1) is 20.4. The van der Waals surface area contributed by atoms with Crippen LogP contribution in [0, 0.1) is 5.92 Å². The van der Waals surface area contributed by atoms with Gasteiger partial charge >= 0.3 is 5.97 Å². The summed E-state index contributed by atoms with van der Waals surface area (Å²) in [6, 6.07) is 0.356. The monoisotopic (exact) mass is 620 g/mol. The Bertz CT molecular complexity index is 796. The van der Waals surface area contributed by atoms with Crippen molar-refractivity contribution >= 4 is 17.7 Å². The Kier molecular flexibility index (Phi) is 21.0. The Morgan fingerprint density at radius 1 is 1.07 bits per heavy atom. The molecule has 3 heterocycles. The van der Waals surface area contributed by atoms with E-state index in [9.17, 15) is 18.9 Å². The van der Waals surface area contributed by atoms with Gasteiger partial charge in [0.15, 0.2) is 11.9 Å². The number of halogens is 1. The number of ether oxygens (including phenoxy) is 3. The molecule has 1 spiro atoms. The van der Waals surface area contributed by atoms with Crippen LogP contribution in [-0.4, -0.2) is 131 Å². The first-order valence-electron chi connectivity index (χ1n) is 15.9. The van der Waals surface area contributed by atoms with Gasteiger partial charge in [0, 0.05) is 32.5 Å². The first kappa shape index (κ1) is 41.3. The van der Waals surface area contributed by atoms with Gasteiger partial charge in [0.2, 0.25) is 5.91 Å². The predicted molar refractivity (Wildman–Crippen MR) is 166 cm³/mol. The van der Waals surface area contributed by atoms with E-state index in [2.05, 4.69) is 15.2 Å². The minimum Gasteiger partial charge on any atom is -0.453 e. The van der Waals surface area contributed by atoms with Gasteiger partial charge in [-0.15, -0.1) is 0 Å². The van der Waals surface area contributed by atoms with Gasteiger partial charge < -0.3 is 34.2 Å². The number of rotatable bonds is 5. The van der Waals surface area contributed by atoms with Gasteiger partial charge in [-0.1, -0.05) is 27.7 Å². The van der Waals surface area contributed by atoms with Gasteiger partial charge in [-0.25, -0.2) is 0 Å². The van der Waals surface area contributed by atoms with E-state index >= 15 is 0 Å². The fraction of sp³-hybridized carbons (Fsp3) is 0.903. The average Bonchev–Trinajstić information content (AvgIpc) is 2.98. The van der Waals surface area contributed by atoms with Crippen molar-refractivity contribution in [2.45, 2.75) is 110 Å². The molecule has 1 N–H and O–H groups in total. The molecule has 3 saturated heterocycles. The number of hydrogen-bond acceptors (Lipinski definition) is 10. The van der Waals surface area contributed by atoms with Gasteiger partial charge in [-0.3, -0.25) is 14.4 Å². The normalized spacial score (nSPS) is 27.9. The van der Waals surface area contributed by atoms with Crippen LogP contribution in [0.5, 0.6) is 0 Å². The molecule has 12 heteroatoms. The van der Waals surface area contributed by atoms with E-state index in [1.165, 1.54) is 0 Å². The standard InChI is InChI=1S/C19H33N3O5.C8H16FNO2.2C2H6/c1-14-16(23)8-7-15(26-4)6-5-9-20-11-19(27-18(14)25)12-22(13-19)17(24)10-21(2)3;1-6-4-7(10(2)3)5-8(11-6)12-9;2*1-2/h14-15,20H,5-13H2,1-4H3;6-8H,4-5H2,1-3H3;2*1-2H3. The molecule has 43 heavy (non-hydrogen) atoms. The van der Waals surface area contributed by atoms with Crippen molar-refractivity contribution in [2.75, 3.05) is 68.0 Å². The summed E-state index contributed by atoms with van der Waals surface area (Å²) in [6.45, 7) is 13.8. The second-order valence-electron chi connectivity index (χ2n) is 11.5. The number of esters is 1. The average molecular weight is 621 g/mol. The maximum atomic E-state index is 12.5. The fourth-order valence-corrected chi connectivity index (χ4v) is 5.06. The number of Topliss-reactive ketones (excluding diaryl/α,β-unsaturated/α-hetero) is 1. The summed E-state index contributed by atoms with van der Waals surface area (Å²) < 4.78 is 28.2. The second kappa shape index (κ2) is 21.9. The van der Waals surface area contributed by atoms with Gasteiger partial charge in [0.05, 0.1) is 31.8 Å². The largest absolute Gasteiger partial charge is 0.453 e. The molecule has 5 unspecified atom stereocenters. The smallest absolute Gasteiger partial charge is 0.316 e. The van der Waals surface area contributed by atoms with Crippen LogP contribution in [0.3, 0.4) is 0 Å². The minimum absolute atomic E-state index is 0.0108. The second-order valence-corrected chi connectivity index (χ2v) is 11.5. The van der Waals surface area contributed by atoms with E-state index in [0.29, 0.717) is 51.5 Å². The van der Waals surface area contributed by atoms with Crippen LogP contribution < -0.4 is 5.32 Å². The molecular formula is C31H61FN4O7. The third kappa shape index (κ3) is 14.8. The predicted octanol–water partition coefficient (Wildman–Crippen LogP) is 3.45. The van der Waals surface area contributed by atoms with Crippen molar-refractivity contribution in [3.63, 3.8) is 0 Å². The lowest BCUT2D eigenvalue weighted by atomic mass is 9.92. The van der Waals surface area contributed by atoms with E-state index in [1.54, 1.807) is 18.9 Å². The first-order valence-corrected chi connectivity index (χ1v) is 15.9. The molecule has 0 radical (unpaired) electrons. The summed E-state index contributed by atoms with van der Waals surface area (Å²) in [7, 11) is 9.31. The zero-order valence-electron chi connectivity index (χ0n) is 28.7.